The van der Waals surface area contributed by atoms with E-state index < -0.39 is 11.9 Å². The first-order valence-electron chi connectivity index (χ1n) is 8.44. The number of aromatic carboxylic acids is 2. The quantitative estimate of drug-likeness (QED) is 0.640. The summed E-state index contributed by atoms with van der Waals surface area (Å²) in [5.41, 5.74) is -0.0602. The van der Waals surface area contributed by atoms with E-state index in [1.165, 1.54) is 24.5 Å². The Bertz CT molecular complexity index is 605. The van der Waals surface area contributed by atoms with Gasteiger partial charge in [0, 0.05) is 12.4 Å². The molecule has 0 atom stereocenters. The topological polar surface area (TPSA) is 106 Å². The van der Waals surface area contributed by atoms with Gasteiger partial charge in [0.25, 0.3) is 0 Å². The summed E-state index contributed by atoms with van der Waals surface area (Å²) in [4.78, 5) is 27.1. The highest BCUT2D eigenvalue weighted by Crippen LogP contribution is 1.89. The van der Waals surface area contributed by atoms with E-state index in [-0.39, 0.29) is 11.4 Å². The van der Waals surface area contributed by atoms with Gasteiger partial charge in [0.2, 0.25) is 0 Å². The smallest absolute Gasteiger partial charge is 0.0899 e. The van der Waals surface area contributed by atoms with Crippen LogP contribution in [0.2, 0.25) is 0 Å². The van der Waals surface area contributed by atoms with Gasteiger partial charge in [-0.1, -0.05) is 12.1 Å². The average molecular weight is 393 g/mol. The minimum absolute atomic E-state index is 0.0301. The first-order valence-corrected chi connectivity index (χ1v) is 8.44. The van der Waals surface area contributed by atoms with Gasteiger partial charge < -0.3 is 28.8 Å². The van der Waals surface area contributed by atoms with Crippen LogP contribution in [0.3, 0.4) is 0 Å². The van der Waals surface area contributed by atoms with Crippen molar-refractivity contribution in [3.05, 3.63) is 60.2 Å². The summed E-state index contributed by atoms with van der Waals surface area (Å²) in [5, 5.41) is 20.1. The number of quaternary nitrogens is 2. The van der Waals surface area contributed by atoms with Crippen LogP contribution in [0.25, 0.3) is 0 Å². The Balaban J connectivity index is 0. The van der Waals surface area contributed by atoms with Gasteiger partial charge in [-0.25, -0.2) is 0 Å². The van der Waals surface area contributed by atoms with Crippen molar-refractivity contribution in [2.75, 3.05) is 56.4 Å². The summed E-state index contributed by atoms with van der Waals surface area (Å²) < 4.78 is 2.00. The molecule has 2 aromatic rings. The van der Waals surface area contributed by atoms with Crippen molar-refractivity contribution in [1.82, 2.24) is 9.97 Å². The van der Waals surface area contributed by atoms with E-state index in [0.29, 0.717) is 0 Å². The average Bonchev–Trinajstić information content (AvgIpc) is 2.54. The van der Waals surface area contributed by atoms with Crippen molar-refractivity contribution in [2.45, 2.75) is 0 Å². The van der Waals surface area contributed by atoms with E-state index in [1.54, 1.807) is 24.3 Å². The van der Waals surface area contributed by atoms with Crippen LogP contribution in [-0.4, -0.2) is 87.3 Å². The third-order valence-electron chi connectivity index (χ3n) is 1.75. The zero-order chi connectivity index (χ0) is 22.4. The van der Waals surface area contributed by atoms with Gasteiger partial charge in [0.15, 0.2) is 0 Å². The van der Waals surface area contributed by atoms with E-state index in [1.807, 2.05) is 0 Å². The summed E-state index contributed by atoms with van der Waals surface area (Å²) in [6.07, 6.45) is 2.82. The molecular formula is C20H32N4O4. The Morgan fingerprint density at radius 1 is 0.643 bits per heavy atom. The maximum absolute atomic E-state index is 10.0. The van der Waals surface area contributed by atoms with Crippen molar-refractivity contribution in [3.63, 3.8) is 0 Å². The molecule has 8 nitrogen and oxygen atoms in total. The van der Waals surface area contributed by atoms with Crippen LogP contribution in [0.5, 0.6) is 0 Å². The van der Waals surface area contributed by atoms with E-state index in [9.17, 15) is 19.8 Å². The number of hydrogen-bond acceptors (Lipinski definition) is 6. The monoisotopic (exact) mass is 392 g/mol. The molecule has 0 N–H and O–H groups in total. The molecule has 0 aliphatic carbocycles. The molecule has 0 radical (unpaired) electrons. The van der Waals surface area contributed by atoms with Crippen molar-refractivity contribution in [2.24, 2.45) is 0 Å². The van der Waals surface area contributed by atoms with Crippen molar-refractivity contribution < 1.29 is 28.8 Å². The zero-order valence-electron chi connectivity index (χ0n) is 18.0. The summed E-state index contributed by atoms with van der Waals surface area (Å²) in [7, 11) is 17.0. The van der Waals surface area contributed by atoms with Gasteiger partial charge in [-0.2, -0.15) is 0 Å². The van der Waals surface area contributed by atoms with Crippen molar-refractivity contribution >= 4 is 11.9 Å². The van der Waals surface area contributed by atoms with Gasteiger partial charge in [0.05, 0.1) is 79.7 Å². The molecule has 0 unspecified atom stereocenters. The van der Waals surface area contributed by atoms with Gasteiger partial charge in [0.1, 0.15) is 0 Å². The highest BCUT2D eigenvalue weighted by atomic mass is 16.4. The number of carboxylic acids is 2. The van der Waals surface area contributed by atoms with Crippen LogP contribution >= 0.6 is 0 Å². The van der Waals surface area contributed by atoms with Gasteiger partial charge in [-0.05, 0) is 24.3 Å². The molecule has 2 rings (SSSR count). The molecule has 156 valence electrons. The Morgan fingerprint density at radius 2 is 0.893 bits per heavy atom. The van der Waals surface area contributed by atoms with Crippen molar-refractivity contribution in [3.8, 4) is 0 Å². The fraction of sp³-hybridized carbons (Fsp3) is 0.400. The van der Waals surface area contributed by atoms with Crippen LogP contribution in [0.1, 0.15) is 21.0 Å². The molecule has 0 fully saturated rings. The predicted octanol–water partition coefficient (Wildman–Crippen LogP) is -0.465. The lowest BCUT2D eigenvalue weighted by Gasteiger charge is -2.14. The zero-order valence-corrected chi connectivity index (χ0v) is 18.0. The number of carbonyl (C=O) groups excluding carboxylic acids is 2. The second kappa shape index (κ2) is 13.3. The first kappa shape index (κ1) is 27.4. The predicted molar refractivity (Wildman–Crippen MR) is 105 cm³/mol. The molecule has 0 bridgehead atoms. The lowest BCUT2D eigenvalue weighted by molar-refractivity contribution is -0.849. The second-order valence-corrected chi connectivity index (χ2v) is 8.37. The molecule has 0 amide bonds. The summed E-state index contributed by atoms with van der Waals surface area (Å²) in [6.45, 7) is 0. The molecule has 0 spiro atoms. The minimum atomic E-state index is -1.24. The normalized spacial score (nSPS) is 10.0. The number of pyridine rings is 2. The lowest BCUT2D eigenvalue weighted by atomic mass is 10.4. The molecule has 2 aromatic heterocycles. The fourth-order valence-corrected chi connectivity index (χ4v) is 0.967. The molecule has 28 heavy (non-hydrogen) atoms. The number of carbonyl (C=O) groups is 2. The molecule has 0 aliphatic heterocycles. The molecule has 8 heteroatoms. The van der Waals surface area contributed by atoms with Crippen LogP contribution in [0, 0.1) is 0 Å². The Labute approximate surface area is 167 Å². The van der Waals surface area contributed by atoms with E-state index in [2.05, 4.69) is 66.3 Å². The maximum atomic E-state index is 10.0. The number of nitrogens with zero attached hydrogens (tertiary/aromatic N) is 4. The third kappa shape index (κ3) is 25.4. The van der Waals surface area contributed by atoms with Crippen molar-refractivity contribution in [1.29, 1.82) is 0 Å². The number of rotatable bonds is 2. The third-order valence-corrected chi connectivity index (χ3v) is 1.75. The van der Waals surface area contributed by atoms with Gasteiger partial charge in [-0.3, -0.25) is 9.97 Å². The SMILES string of the molecule is C[N+](C)(C)C.C[N+](C)(C)C.O=C([O-])c1ccccn1.O=C([O-])c1ccccn1. The van der Waals surface area contributed by atoms with Gasteiger partial charge in [-0.15, -0.1) is 0 Å². The number of hydrogen-bond donors (Lipinski definition) is 0. The molecule has 0 saturated heterocycles. The molecule has 2 heterocycles. The van der Waals surface area contributed by atoms with Crippen LogP contribution in [-0.2, 0) is 0 Å². The highest BCUT2D eigenvalue weighted by molar-refractivity contribution is 5.83. The first-order chi connectivity index (χ1) is 12.6. The summed E-state index contributed by atoms with van der Waals surface area (Å²) in [5.74, 6) is -2.48. The highest BCUT2D eigenvalue weighted by Gasteiger charge is 1.89. The molecule has 0 aliphatic rings. The summed E-state index contributed by atoms with van der Waals surface area (Å²) in [6, 6.07) is 9.25. The lowest BCUT2D eigenvalue weighted by Crippen LogP contribution is -2.27. The maximum Gasteiger partial charge on any atom is 0.0899 e. The van der Waals surface area contributed by atoms with Crippen LogP contribution < -0.4 is 10.2 Å². The van der Waals surface area contributed by atoms with Crippen LogP contribution in [0.15, 0.2) is 48.8 Å². The molecular weight excluding hydrogens is 360 g/mol. The van der Waals surface area contributed by atoms with E-state index in [4.69, 9.17) is 0 Å². The molecule has 0 saturated carbocycles. The Hall–Kier alpha value is -2.84. The standard InChI is InChI=1S/2C6H5NO2.2C4H12N/c2*8-6(9)5-3-1-2-4-7-5;2*1-5(2,3)4/h2*1-4H,(H,8,9);2*1-4H3/q;;2*+1/p-2. The second-order valence-electron chi connectivity index (χ2n) is 8.37. The minimum Gasteiger partial charge on any atom is -0.543 e. The Kier molecular flexibility index (Phi) is 13.1. The van der Waals surface area contributed by atoms with E-state index >= 15 is 0 Å². The largest absolute Gasteiger partial charge is 0.543 e. The Morgan fingerprint density at radius 3 is 1.00 bits per heavy atom. The molecule has 0 aromatic carbocycles. The van der Waals surface area contributed by atoms with E-state index in [0.717, 1.165) is 8.97 Å². The van der Waals surface area contributed by atoms with Crippen LogP contribution in [0.4, 0.5) is 0 Å². The fourth-order valence-electron chi connectivity index (χ4n) is 0.967. The number of aromatic nitrogens is 2. The van der Waals surface area contributed by atoms with Gasteiger partial charge >= 0.3 is 0 Å². The summed E-state index contributed by atoms with van der Waals surface area (Å²) >= 11 is 0. The number of carboxylic acid groups (broad SMARTS) is 2.